The molecular formula is C29H26N4O4S. The van der Waals surface area contributed by atoms with E-state index >= 15 is 0 Å². The van der Waals surface area contributed by atoms with E-state index in [1.807, 2.05) is 59.5 Å². The minimum absolute atomic E-state index is 0.0484. The van der Waals surface area contributed by atoms with E-state index in [9.17, 15) is 18.9 Å². The molecule has 38 heavy (non-hydrogen) atoms. The highest BCUT2D eigenvalue weighted by Gasteiger charge is 2.27. The molecule has 0 atom stereocenters. The first-order chi connectivity index (χ1) is 18.4. The van der Waals surface area contributed by atoms with Crippen molar-refractivity contribution >= 4 is 32.2 Å². The van der Waals surface area contributed by atoms with E-state index in [0.717, 1.165) is 26.7 Å². The van der Waals surface area contributed by atoms with Gasteiger partial charge in [-0.25, -0.2) is 8.42 Å². The molecule has 4 aromatic rings. The Hall–Kier alpha value is -4.73. The lowest BCUT2D eigenvalue weighted by Gasteiger charge is -2.27. The monoisotopic (exact) mass is 526 g/mol. The van der Waals surface area contributed by atoms with Crippen molar-refractivity contribution in [3.63, 3.8) is 0 Å². The summed E-state index contributed by atoms with van der Waals surface area (Å²) in [5.41, 5.74) is 2.14. The molecule has 0 aromatic heterocycles. The summed E-state index contributed by atoms with van der Waals surface area (Å²) in [5.74, 6) is 1.27. The topological polar surface area (TPSA) is 107 Å². The maximum absolute atomic E-state index is 13.7. The van der Waals surface area contributed by atoms with E-state index in [2.05, 4.69) is 6.07 Å². The van der Waals surface area contributed by atoms with Crippen LogP contribution in [-0.2, 0) is 16.6 Å². The first kappa shape index (κ1) is 26.3. The van der Waals surface area contributed by atoms with Gasteiger partial charge in [-0.15, -0.1) is 0 Å². The van der Waals surface area contributed by atoms with E-state index in [1.165, 1.54) is 19.2 Å². The summed E-state index contributed by atoms with van der Waals surface area (Å²) in [4.78, 5) is 1.98. The highest BCUT2D eigenvalue weighted by molar-refractivity contribution is 7.92. The number of nitriles is 2. The van der Waals surface area contributed by atoms with Crippen molar-refractivity contribution in [2.24, 2.45) is 0 Å². The number of hydrogen-bond acceptors (Lipinski definition) is 7. The van der Waals surface area contributed by atoms with E-state index in [1.54, 1.807) is 31.4 Å². The molecule has 8 nitrogen and oxygen atoms in total. The van der Waals surface area contributed by atoms with Crippen LogP contribution in [0.3, 0.4) is 0 Å². The number of methoxy groups -OCH3 is 2. The molecule has 4 aromatic carbocycles. The molecule has 192 valence electrons. The second-order valence-corrected chi connectivity index (χ2v) is 10.2. The van der Waals surface area contributed by atoms with Crippen LogP contribution in [0.5, 0.6) is 11.5 Å². The van der Waals surface area contributed by atoms with Crippen LogP contribution in [0.15, 0.2) is 89.8 Å². The Balaban J connectivity index is 1.80. The zero-order valence-corrected chi connectivity index (χ0v) is 21.9. The molecule has 0 spiro atoms. The standard InChI is InChI=1S/C29H26N4O4S/c1-36-23-9-7-22(8-10-23)21-32(19-17-30)28-15-16-29(27-6-4-3-5-26(27)28)33(20-18-31)38(34,35)25-13-11-24(37-2)12-14-25/h3-16H,19-21H2,1-2H3. The molecular weight excluding hydrogens is 500 g/mol. The van der Waals surface area contributed by atoms with Crippen molar-refractivity contribution in [2.45, 2.75) is 11.4 Å². The third-order valence-corrected chi connectivity index (χ3v) is 7.92. The normalized spacial score (nSPS) is 10.8. The van der Waals surface area contributed by atoms with E-state index in [4.69, 9.17) is 9.47 Å². The van der Waals surface area contributed by atoms with E-state index in [-0.39, 0.29) is 18.0 Å². The number of nitrogens with zero attached hydrogens (tertiary/aromatic N) is 4. The second-order valence-electron chi connectivity index (χ2n) is 8.36. The number of rotatable bonds is 10. The second kappa shape index (κ2) is 11.5. The molecule has 0 amide bonds. The van der Waals surface area contributed by atoms with Gasteiger partial charge in [0.1, 0.15) is 24.6 Å². The van der Waals surface area contributed by atoms with Gasteiger partial charge < -0.3 is 14.4 Å². The molecule has 0 aliphatic carbocycles. The minimum Gasteiger partial charge on any atom is -0.497 e. The predicted molar refractivity (Wildman–Crippen MR) is 147 cm³/mol. The Labute approximate surface area is 222 Å². The fraction of sp³-hybridized carbons (Fsp3) is 0.172. The first-order valence-electron chi connectivity index (χ1n) is 11.7. The number of anilines is 2. The average molecular weight is 527 g/mol. The van der Waals surface area contributed by atoms with Crippen LogP contribution < -0.4 is 18.7 Å². The number of benzene rings is 4. The highest BCUT2D eigenvalue weighted by atomic mass is 32.2. The fourth-order valence-electron chi connectivity index (χ4n) is 4.26. The van der Waals surface area contributed by atoms with Crippen LogP contribution in [0.25, 0.3) is 10.8 Å². The molecule has 0 fully saturated rings. The molecule has 0 saturated carbocycles. The third kappa shape index (κ3) is 5.34. The molecule has 0 saturated heterocycles. The zero-order chi connectivity index (χ0) is 27.1. The molecule has 9 heteroatoms. The van der Waals surface area contributed by atoms with Crippen molar-refractivity contribution in [1.29, 1.82) is 10.5 Å². The number of ether oxygens (including phenoxy) is 2. The van der Waals surface area contributed by atoms with Gasteiger partial charge in [0.15, 0.2) is 0 Å². The highest BCUT2D eigenvalue weighted by Crippen LogP contribution is 2.37. The van der Waals surface area contributed by atoms with Crippen LogP contribution >= 0.6 is 0 Å². The summed E-state index contributed by atoms with van der Waals surface area (Å²) >= 11 is 0. The van der Waals surface area contributed by atoms with Gasteiger partial charge in [-0.1, -0.05) is 36.4 Å². The average Bonchev–Trinajstić information content (AvgIpc) is 2.95. The maximum atomic E-state index is 13.7. The van der Waals surface area contributed by atoms with Gasteiger partial charge in [0, 0.05) is 23.0 Å². The van der Waals surface area contributed by atoms with Crippen molar-refractivity contribution in [3.05, 3.63) is 90.5 Å². The molecule has 0 unspecified atom stereocenters. The van der Waals surface area contributed by atoms with E-state index in [0.29, 0.717) is 23.4 Å². The first-order valence-corrected chi connectivity index (χ1v) is 13.2. The summed E-state index contributed by atoms with van der Waals surface area (Å²) in [7, 11) is -0.944. The Morgan fingerprint density at radius 2 is 1.24 bits per heavy atom. The summed E-state index contributed by atoms with van der Waals surface area (Å²) < 4.78 is 38.8. The van der Waals surface area contributed by atoms with Gasteiger partial charge in [0.05, 0.1) is 36.9 Å². The molecule has 0 N–H and O–H groups in total. The lowest BCUT2D eigenvalue weighted by molar-refractivity contribution is 0.414. The van der Waals surface area contributed by atoms with Crippen LogP contribution in [0.2, 0.25) is 0 Å². The predicted octanol–water partition coefficient (Wildman–Crippen LogP) is 5.11. The Morgan fingerprint density at radius 3 is 1.79 bits per heavy atom. The summed E-state index contributed by atoms with van der Waals surface area (Å²) in [6.07, 6.45) is 0. The Bertz CT molecular complexity index is 1610. The third-order valence-electron chi connectivity index (χ3n) is 6.14. The summed E-state index contributed by atoms with van der Waals surface area (Å²) in [6, 6.07) is 28.7. The van der Waals surface area contributed by atoms with Crippen molar-refractivity contribution < 1.29 is 17.9 Å². The Kier molecular flexibility index (Phi) is 8.00. The Morgan fingerprint density at radius 1 is 0.711 bits per heavy atom. The molecule has 0 aliphatic rings. The number of fused-ring (bicyclic) bond motifs is 1. The quantitative estimate of drug-likeness (QED) is 0.264. The maximum Gasteiger partial charge on any atom is 0.265 e. The van der Waals surface area contributed by atoms with Gasteiger partial charge in [0.25, 0.3) is 10.0 Å². The lowest BCUT2D eigenvalue weighted by Crippen LogP contribution is -2.32. The van der Waals surface area contributed by atoms with Crippen molar-refractivity contribution in [3.8, 4) is 23.6 Å². The van der Waals surface area contributed by atoms with Gasteiger partial charge in [-0.05, 0) is 54.1 Å². The van der Waals surface area contributed by atoms with Crippen molar-refractivity contribution in [1.82, 2.24) is 0 Å². The SMILES string of the molecule is COc1ccc(CN(CC#N)c2ccc(N(CC#N)S(=O)(=O)c3ccc(OC)cc3)c3ccccc23)cc1. The number of sulfonamides is 1. The van der Waals surface area contributed by atoms with Gasteiger partial charge >= 0.3 is 0 Å². The molecule has 0 heterocycles. The minimum atomic E-state index is -4.05. The van der Waals surface area contributed by atoms with Gasteiger partial charge in [-0.2, -0.15) is 10.5 Å². The van der Waals surface area contributed by atoms with Crippen LogP contribution in [0.1, 0.15) is 5.56 Å². The van der Waals surface area contributed by atoms with Crippen molar-refractivity contribution in [2.75, 3.05) is 36.5 Å². The van der Waals surface area contributed by atoms with Crippen LogP contribution in [0.4, 0.5) is 11.4 Å². The molecule has 0 radical (unpaired) electrons. The fourth-order valence-corrected chi connectivity index (χ4v) is 5.64. The lowest BCUT2D eigenvalue weighted by atomic mass is 10.0. The molecule has 4 rings (SSSR count). The molecule has 0 bridgehead atoms. The van der Waals surface area contributed by atoms with Crippen LogP contribution in [0, 0.1) is 22.7 Å². The zero-order valence-electron chi connectivity index (χ0n) is 21.0. The smallest absolute Gasteiger partial charge is 0.265 e. The van der Waals surface area contributed by atoms with Gasteiger partial charge in [-0.3, -0.25) is 4.31 Å². The van der Waals surface area contributed by atoms with Gasteiger partial charge in [0.2, 0.25) is 0 Å². The largest absolute Gasteiger partial charge is 0.497 e. The molecule has 0 aliphatic heterocycles. The van der Waals surface area contributed by atoms with Crippen LogP contribution in [-0.4, -0.2) is 35.7 Å². The van der Waals surface area contributed by atoms with E-state index < -0.39 is 10.0 Å². The summed E-state index contributed by atoms with van der Waals surface area (Å²) in [6.45, 7) is 0.222. The summed E-state index contributed by atoms with van der Waals surface area (Å²) in [5, 5.41) is 20.5. The number of hydrogen-bond donors (Lipinski definition) is 0.